The number of hydrogen-bond acceptors (Lipinski definition) is 7. The van der Waals surface area contributed by atoms with Crippen molar-refractivity contribution in [3.8, 4) is 11.5 Å². The van der Waals surface area contributed by atoms with Crippen LogP contribution in [0.4, 0.5) is 5.82 Å². The standard InChI is InChI=1S/C18H24N6O2/c1-4-10-25-15-7-6-14(12-16(15)26-11-5-2)13(3)19-17-8-9-18-20-22-23-24(18)21-17/h6-9,12-13H,4-5,10-11H2,1-3H3,(H,19,21)/t13-/m1/s1. The number of hydrogen-bond donors (Lipinski definition) is 1. The molecule has 1 N–H and O–H groups in total. The average Bonchev–Trinajstić information content (AvgIpc) is 3.12. The Labute approximate surface area is 152 Å². The van der Waals surface area contributed by atoms with Gasteiger partial charge in [0, 0.05) is 0 Å². The molecular weight excluding hydrogens is 332 g/mol. The third-order valence-electron chi connectivity index (χ3n) is 3.83. The number of tetrazole rings is 1. The van der Waals surface area contributed by atoms with Crippen LogP contribution in [0.15, 0.2) is 30.3 Å². The first-order valence-corrected chi connectivity index (χ1v) is 8.92. The van der Waals surface area contributed by atoms with Crippen molar-refractivity contribution < 1.29 is 9.47 Å². The number of ether oxygens (including phenoxy) is 2. The smallest absolute Gasteiger partial charge is 0.200 e. The minimum atomic E-state index is 0.0284. The van der Waals surface area contributed by atoms with Crippen LogP contribution in [0.2, 0.25) is 0 Å². The number of benzene rings is 1. The molecule has 0 bridgehead atoms. The zero-order valence-corrected chi connectivity index (χ0v) is 15.3. The minimum absolute atomic E-state index is 0.0284. The van der Waals surface area contributed by atoms with Crippen molar-refractivity contribution in [2.45, 2.75) is 39.7 Å². The molecule has 1 atom stereocenters. The van der Waals surface area contributed by atoms with Crippen LogP contribution in [0.5, 0.6) is 11.5 Å². The van der Waals surface area contributed by atoms with Gasteiger partial charge >= 0.3 is 0 Å². The summed E-state index contributed by atoms with van der Waals surface area (Å²) in [7, 11) is 0. The Morgan fingerprint density at radius 3 is 2.58 bits per heavy atom. The molecule has 138 valence electrons. The highest BCUT2D eigenvalue weighted by Gasteiger charge is 2.12. The molecule has 0 aliphatic carbocycles. The number of aromatic nitrogens is 5. The van der Waals surface area contributed by atoms with Crippen LogP contribution >= 0.6 is 0 Å². The molecule has 2 heterocycles. The van der Waals surface area contributed by atoms with Gasteiger partial charge in [-0.15, -0.1) is 14.8 Å². The SMILES string of the molecule is CCCOc1ccc([C@@H](C)Nc2ccc3nnnn3n2)cc1OCCC. The molecule has 0 saturated heterocycles. The maximum atomic E-state index is 5.87. The molecule has 0 aliphatic rings. The van der Waals surface area contributed by atoms with E-state index in [2.05, 4.69) is 46.7 Å². The third-order valence-corrected chi connectivity index (χ3v) is 3.83. The molecule has 0 aliphatic heterocycles. The number of anilines is 1. The van der Waals surface area contributed by atoms with Gasteiger partial charge in [0.25, 0.3) is 0 Å². The second-order valence-electron chi connectivity index (χ2n) is 6.01. The maximum Gasteiger partial charge on any atom is 0.200 e. The summed E-state index contributed by atoms with van der Waals surface area (Å²) in [6.07, 6.45) is 1.90. The molecule has 0 fully saturated rings. The second-order valence-corrected chi connectivity index (χ2v) is 6.01. The summed E-state index contributed by atoms with van der Waals surface area (Å²) in [5, 5.41) is 19.0. The number of nitrogens with zero attached hydrogens (tertiary/aromatic N) is 5. The first-order valence-electron chi connectivity index (χ1n) is 8.92. The Balaban J connectivity index is 1.77. The van der Waals surface area contributed by atoms with Crippen LogP contribution in [-0.2, 0) is 0 Å². The van der Waals surface area contributed by atoms with E-state index in [1.807, 2.05) is 30.3 Å². The topological polar surface area (TPSA) is 86.5 Å². The summed E-state index contributed by atoms with van der Waals surface area (Å²) in [4.78, 5) is 0. The minimum Gasteiger partial charge on any atom is -0.490 e. The van der Waals surface area contributed by atoms with Gasteiger partial charge in [0.15, 0.2) is 17.1 Å². The Hall–Kier alpha value is -2.90. The van der Waals surface area contributed by atoms with E-state index in [0.29, 0.717) is 24.7 Å². The Morgan fingerprint density at radius 2 is 1.81 bits per heavy atom. The molecule has 3 aromatic rings. The molecule has 3 rings (SSSR count). The first kappa shape index (κ1) is 17.9. The number of fused-ring (bicyclic) bond motifs is 1. The van der Waals surface area contributed by atoms with Crippen molar-refractivity contribution in [3.05, 3.63) is 35.9 Å². The molecule has 8 heteroatoms. The van der Waals surface area contributed by atoms with Crippen molar-refractivity contribution in [1.29, 1.82) is 0 Å². The highest BCUT2D eigenvalue weighted by atomic mass is 16.5. The molecular formula is C18H24N6O2. The lowest BCUT2D eigenvalue weighted by Crippen LogP contribution is -2.10. The van der Waals surface area contributed by atoms with Crippen LogP contribution < -0.4 is 14.8 Å². The van der Waals surface area contributed by atoms with Gasteiger partial charge in [-0.25, -0.2) is 0 Å². The van der Waals surface area contributed by atoms with Crippen LogP contribution in [-0.4, -0.2) is 38.5 Å². The average molecular weight is 356 g/mol. The van der Waals surface area contributed by atoms with E-state index < -0.39 is 0 Å². The molecule has 1 aromatic carbocycles. The summed E-state index contributed by atoms with van der Waals surface area (Å²) in [6, 6.07) is 9.73. The van der Waals surface area contributed by atoms with Gasteiger partial charge in [-0.3, -0.25) is 0 Å². The van der Waals surface area contributed by atoms with E-state index in [4.69, 9.17) is 9.47 Å². The monoisotopic (exact) mass is 356 g/mol. The molecule has 0 saturated carbocycles. The van der Waals surface area contributed by atoms with Crippen molar-refractivity contribution >= 4 is 11.5 Å². The van der Waals surface area contributed by atoms with Gasteiger partial charge in [0.2, 0.25) is 0 Å². The number of rotatable bonds is 9. The Bertz CT molecular complexity index is 851. The van der Waals surface area contributed by atoms with Crippen LogP contribution in [0.3, 0.4) is 0 Å². The van der Waals surface area contributed by atoms with E-state index in [0.717, 1.165) is 29.9 Å². The summed E-state index contributed by atoms with van der Waals surface area (Å²) in [5.74, 6) is 2.25. The maximum absolute atomic E-state index is 5.87. The summed E-state index contributed by atoms with van der Waals surface area (Å²) in [6.45, 7) is 7.57. The number of nitrogens with one attached hydrogen (secondary N) is 1. The van der Waals surface area contributed by atoms with Gasteiger partial charge in [-0.2, -0.15) is 0 Å². The Morgan fingerprint density at radius 1 is 1.04 bits per heavy atom. The zero-order valence-electron chi connectivity index (χ0n) is 15.3. The fraction of sp³-hybridized carbons (Fsp3) is 0.444. The Kier molecular flexibility index (Phi) is 5.83. The van der Waals surface area contributed by atoms with Gasteiger partial charge < -0.3 is 14.8 Å². The van der Waals surface area contributed by atoms with E-state index in [9.17, 15) is 0 Å². The molecule has 0 radical (unpaired) electrons. The van der Waals surface area contributed by atoms with Crippen molar-refractivity contribution in [2.24, 2.45) is 0 Å². The molecule has 26 heavy (non-hydrogen) atoms. The van der Waals surface area contributed by atoms with E-state index in [1.165, 1.54) is 4.63 Å². The predicted octanol–water partition coefficient (Wildman–Crippen LogP) is 3.27. The highest BCUT2D eigenvalue weighted by molar-refractivity contribution is 5.47. The zero-order chi connectivity index (χ0) is 18.4. The molecule has 0 unspecified atom stereocenters. The van der Waals surface area contributed by atoms with Crippen molar-refractivity contribution in [2.75, 3.05) is 18.5 Å². The first-order chi connectivity index (χ1) is 12.7. The van der Waals surface area contributed by atoms with Crippen LogP contribution in [0.1, 0.15) is 45.2 Å². The van der Waals surface area contributed by atoms with E-state index >= 15 is 0 Å². The summed E-state index contributed by atoms with van der Waals surface area (Å²) >= 11 is 0. The lowest BCUT2D eigenvalue weighted by atomic mass is 10.1. The quantitative estimate of drug-likeness (QED) is 0.629. The summed E-state index contributed by atoms with van der Waals surface area (Å²) < 4.78 is 13.1. The van der Waals surface area contributed by atoms with Gasteiger partial charge in [-0.1, -0.05) is 19.9 Å². The fourth-order valence-corrected chi connectivity index (χ4v) is 2.48. The predicted molar refractivity (Wildman–Crippen MR) is 98.6 cm³/mol. The van der Waals surface area contributed by atoms with Crippen molar-refractivity contribution in [1.82, 2.24) is 25.3 Å². The molecule has 0 amide bonds. The van der Waals surface area contributed by atoms with Gasteiger partial charge in [0.1, 0.15) is 5.82 Å². The lowest BCUT2D eigenvalue weighted by Gasteiger charge is -2.18. The summed E-state index contributed by atoms with van der Waals surface area (Å²) in [5.41, 5.74) is 1.69. The van der Waals surface area contributed by atoms with Gasteiger partial charge in [0.05, 0.1) is 19.3 Å². The molecule has 0 spiro atoms. The van der Waals surface area contributed by atoms with E-state index in [1.54, 1.807) is 0 Å². The fourth-order valence-electron chi connectivity index (χ4n) is 2.48. The molecule has 8 nitrogen and oxygen atoms in total. The van der Waals surface area contributed by atoms with Gasteiger partial charge in [-0.05, 0) is 60.0 Å². The molecule has 2 aromatic heterocycles. The van der Waals surface area contributed by atoms with Crippen LogP contribution in [0, 0.1) is 0 Å². The largest absolute Gasteiger partial charge is 0.490 e. The second kappa shape index (κ2) is 8.46. The highest BCUT2D eigenvalue weighted by Crippen LogP contribution is 2.31. The normalized spacial score (nSPS) is 12.1. The third kappa shape index (κ3) is 4.19. The van der Waals surface area contributed by atoms with Crippen LogP contribution in [0.25, 0.3) is 5.65 Å². The lowest BCUT2D eigenvalue weighted by molar-refractivity contribution is 0.268. The van der Waals surface area contributed by atoms with Crippen molar-refractivity contribution in [3.63, 3.8) is 0 Å². The van der Waals surface area contributed by atoms with E-state index in [-0.39, 0.29) is 6.04 Å².